The van der Waals surface area contributed by atoms with E-state index in [-0.39, 0.29) is 35.4 Å². The molecule has 0 atom stereocenters. The van der Waals surface area contributed by atoms with Gasteiger partial charge in [0.05, 0.1) is 4.90 Å². The van der Waals surface area contributed by atoms with Crippen molar-refractivity contribution in [1.29, 1.82) is 0 Å². The average Bonchev–Trinajstić information content (AvgIpc) is 3.04. The van der Waals surface area contributed by atoms with E-state index in [2.05, 4.69) is 14.9 Å². The largest absolute Gasteiger partial charge is 0.339 e. The predicted octanol–water partition coefficient (Wildman–Crippen LogP) is 2.84. The molecule has 1 N–H and O–H groups in total. The van der Waals surface area contributed by atoms with Crippen LogP contribution in [0.2, 0.25) is 0 Å². The summed E-state index contributed by atoms with van der Waals surface area (Å²) in [7, 11) is -3.78. The zero-order valence-electron chi connectivity index (χ0n) is 13.7. The molecule has 9 heteroatoms. The molecule has 1 aromatic heterocycles. The molecule has 0 aliphatic heterocycles. The molecule has 2 aromatic carbocycles. The van der Waals surface area contributed by atoms with Crippen molar-refractivity contribution in [3.05, 3.63) is 65.6 Å². The highest BCUT2D eigenvalue weighted by Crippen LogP contribution is 2.17. The second-order valence-electron chi connectivity index (χ2n) is 5.58. The van der Waals surface area contributed by atoms with Crippen molar-refractivity contribution in [2.75, 3.05) is 6.54 Å². The number of aryl methyl sites for hydroxylation is 1. The summed E-state index contributed by atoms with van der Waals surface area (Å²) in [4.78, 5) is 4.16. The molecule has 0 fully saturated rings. The molecule has 0 saturated heterocycles. The maximum absolute atomic E-state index is 13.1. The average molecular weight is 379 g/mol. The van der Waals surface area contributed by atoms with E-state index in [0.717, 1.165) is 12.1 Å². The summed E-state index contributed by atoms with van der Waals surface area (Å²) < 4.78 is 58.1. The SMILES string of the molecule is Cc1cc(F)ccc1S(=O)(=O)NCCc1nc(-c2ccc(F)cc2)no1. The van der Waals surface area contributed by atoms with Crippen LogP contribution in [0.4, 0.5) is 8.78 Å². The Morgan fingerprint density at radius 1 is 1.08 bits per heavy atom. The van der Waals surface area contributed by atoms with E-state index in [9.17, 15) is 17.2 Å². The minimum absolute atomic E-state index is 0.0106. The van der Waals surface area contributed by atoms with Gasteiger partial charge in [-0.15, -0.1) is 0 Å². The molecule has 0 saturated carbocycles. The molecular formula is C17H15F2N3O3S. The molecule has 3 aromatic rings. The fraction of sp³-hybridized carbons (Fsp3) is 0.176. The Labute approximate surface area is 148 Å². The summed E-state index contributed by atoms with van der Waals surface area (Å²) in [6.45, 7) is 1.55. The Kier molecular flexibility index (Phi) is 5.10. The van der Waals surface area contributed by atoms with E-state index in [4.69, 9.17) is 4.52 Å². The van der Waals surface area contributed by atoms with Gasteiger partial charge in [0.15, 0.2) is 0 Å². The number of nitrogens with one attached hydrogen (secondary N) is 1. The van der Waals surface area contributed by atoms with Crippen LogP contribution in [0.1, 0.15) is 11.5 Å². The number of benzene rings is 2. The quantitative estimate of drug-likeness (QED) is 0.712. The van der Waals surface area contributed by atoms with Crippen molar-refractivity contribution >= 4 is 10.0 Å². The lowest BCUT2D eigenvalue weighted by molar-refractivity contribution is 0.379. The van der Waals surface area contributed by atoms with Crippen molar-refractivity contribution in [3.8, 4) is 11.4 Å². The van der Waals surface area contributed by atoms with E-state index in [1.54, 1.807) is 0 Å². The fourth-order valence-electron chi connectivity index (χ4n) is 2.36. The van der Waals surface area contributed by atoms with E-state index in [0.29, 0.717) is 11.1 Å². The monoisotopic (exact) mass is 379 g/mol. The summed E-state index contributed by atoms with van der Waals surface area (Å²) in [6, 6.07) is 9.06. The second kappa shape index (κ2) is 7.30. The molecule has 0 radical (unpaired) electrons. The van der Waals surface area contributed by atoms with Gasteiger partial charge in [-0.3, -0.25) is 0 Å². The van der Waals surface area contributed by atoms with E-state index >= 15 is 0 Å². The maximum atomic E-state index is 13.1. The number of hydrogen-bond donors (Lipinski definition) is 1. The molecule has 136 valence electrons. The van der Waals surface area contributed by atoms with Crippen molar-refractivity contribution in [2.45, 2.75) is 18.2 Å². The molecule has 26 heavy (non-hydrogen) atoms. The topological polar surface area (TPSA) is 85.1 Å². The van der Waals surface area contributed by atoms with Gasteiger partial charge in [-0.25, -0.2) is 21.9 Å². The lowest BCUT2D eigenvalue weighted by atomic mass is 10.2. The number of rotatable bonds is 6. The third-order valence-corrected chi connectivity index (χ3v) is 5.25. The Morgan fingerprint density at radius 2 is 1.77 bits per heavy atom. The predicted molar refractivity (Wildman–Crippen MR) is 89.7 cm³/mol. The van der Waals surface area contributed by atoms with Gasteiger partial charge in [-0.05, 0) is 55.0 Å². The highest BCUT2D eigenvalue weighted by atomic mass is 32.2. The van der Waals surface area contributed by atoms with Crippen LogP contribution in [0.5, 0.6) is 0 Å². The lowest BCUT2D eigenvalue weighted by Crippen LogP contribution is -2.26. The van der Waals surface area contributed by atoms with Crippen LogP contribution in [0.25, 0.3) is 11.4 Å². The van der Waals surface area contributed by atoms with Crippen LogP contribution < -0.4 is 4.72 Å². The van der Waals surface area contributed by atoms with Crippen LogP contribution >= 0.6 is 0 Å². The van der Waals surface area contributed by atoms with Gasteiger partial charge in [0.1, 0.15) is 11.6 Å². The number of halogens is 2. The van der Waals surface area contributed by atoms with E-state index in [1.165, 1.54) is 37.3 Å². The third kappa shape index (κ3) is 4.12. The summed E-state index contributed by atoms with van der Waals surface area (Å²) in [5.41, 5.74) is 0.901. The number of hydrogen-bond acceptors (Lipinski definition) is 5. The van der Waals surface area contributed by atoms with Gasteiger partial charge in [0, 0.05) is 18.5 Å². The first kappa shape index (κ1) is 18.2. The zero-order chi connectivity index (χ0) is 18.7. The molecule has 0 amide bonds. The Morgan fingerprint density at radius 3 is 2.46 bits per heavy atom. The molecule has 0 spiro atoms. The third-order valence-electron chi connectivity index (χ3n) is 3.63. The smallest absolute Gasteiger partial charge is 0.240 e. The Bertz CT molecular complexity index is 1020. The molecule has 0 unspecified atom stereocenters. The second-order valence-corrected chi connectivity index (χ2v) is 7.31. The van der Waals surface area contributed by atoms with Crippen LogP contribution in [-0.2, 0) is 16.4 Å². The fourth-order valence-corrected chi connectivity index (χ4v) is 3.61. The number of aromatic nitrogens is 2. The van der Waals surface area contributed by atoms with Crippen molar-refractivity contribution < 1.29 is 21.7 Å². The van der Waals surface area contributed by atoms with Crippen molar-refractivity contribution in [1.82, 2.24) is 14.9 Å². The van der Waals surface area contributed by atoms with Gasteiger partial charge in [-0.2, -0.15) is 4.98 Å². The minimum Gasteiger partial charge on any atom is -0.339 e. The molecule has 0 aliphatic carbocycles. The van der Waals surface area contributed by atoms with Crippen LogP contribution in [0, 0.1) is 18.6 Å². The van der Waals surface area contributed by atoms with E-state index in [1.807, 2.05) is 0 Å². The molecule has 0 bridgehead atoms. The normalized spacial score (nSPS) is 11.7. The van der Waals surface area contributed by atoms with E-state index < -0.39 is 15.8 Å². The highest BCUT2D eigenvalue weighted by molar-refractivity contribution is 7.89. The minimum atomic E-state index is -3.78. The summed E-state index contributed by atoms with van der Waals surface area (Å²) >= 11 is 0. The summed E-state index contributed by atoms with van der Waals surface area (Å²) in [5.74, 6) is -0.344. The van der Waals surface area contributed by atoms with Crippen molar-refractivity contribution in [3.63, 3.8) is 0 Å². The van der Waals surface area contributed by atoms with Crippen LogP contribution in [-0.4, -0.2) is 25.1 Å². The summed E-state index contributed by atoms with van der Waals surface area (Å²) in [5, 5.41) is 3.79. The summed E-state index contributed by atoms with van der Waals surface area (Å²) in [6.07, 6.45) is 0.174. The molecule has 3 rings (SSSR count). The molecule has 1 heterocycles. The van der Waals surface area contributed by atoms with Gasteiger partial charge in [0.25, 0.3) is 0 Å². The van der Waals surface area contributed by atoms with Crippen LogP contribution in [0.3, 0.4) is 0 Å². The highest BCUT2D eigenvalue weighted by Gasteiger charge is 2.17. The van der Waals surface area contributed by atoms with Crippen molar-refractivity contribution in [2.24, 2.45) is 0 Å². The molecule has 6 nitrogen and oxygen atoms in total. The Hall–Kier alpha value is -2.65. The van der Waals surface area contributed by atoms with Gasteiger partial charge < -0.3 is 4.52 Å². The Balaban J connectivity index is 1.64. The van der Waals surface area contributed by atoms with Gasteiger partial charge in [-0.1, -0.05) is 5.16 Å². The zero-order valence-corrected chi connectivity index (χ0v) is 14.6. The molecular weight excluding hydrogens is 364 g/mol. The lowest BCUT2D eigenvalue weighted by Gasteiger charge is -2.08. The van der Waals surface area contributed by atoms with Gasteiger partial charge >= 0.3 is 0 Å². The van der Waals surface area contributed by atoms with Gasteiger partial charge in [0.2, 0.25) is 21.7 Å². The first-order chi connectivity index (χ1) is 12.3. The number of sulfonamides is 1. The first-order valence-corrected chi connectivity index (χ1v) is 9.18. The maximum Gasteiger partial charge on any atom is 0.240 e. The number of nitrogens with zero attached hydrogens (tertiary/aromatic N) is 2. The molecule has 0 aliphatic rings. The first-order valence-electron chi connectivity index (χ1n) is 7.69. The standard InChI is InChI=1S/C17H15F2N3O3S/c1-11-10-14(19)6-7-15(11)26(23,24)20-9-8-16-21-17(22-25-16)12-2-4-13(18)5-3-12/h2-7,10,20H,8-9H2,1H3. The van der Waals surface area contributed by atoms with Crippen LogP contribution in [0.15, 0.2) is 51.9 Å².